The van der Waals surface area contributed by atoms with E-state index in [1.165, 1.54) is 0 Å². The van der Waals surface area contributed by atoms with Crippen LogP contribution in [0.15, 0.2) is 12.3 Å². The van der Waals surface area contributed by atoms with Crippen molar-refractivity contribution in [3.8, 4) is 0 Å². The number of aryl methyl sites for hydroxylation is 2. The second-order valence-electron chi connectivity index (χ2n) is 5.57. The third-order valence-corrected chi connectivity index (χ3v) is 3.69. The highest BCUT2D eigenvalue weighted by Crippen LogP contribution is 2.28. The minimum atomic E-state index is -4.49. The molecule has 3 rings (SSSR count). The molecule has 1 saturated heterocycles. The Hall–Kier alpha value is -2.23. The van der Waals surface area contributed by atoms with Crippen molar-refractivity contribution in [3.63, 3.8) is 0 Å². The molecular weight excluding hydrogens is 325 g/mol. The van der Waals surface area contributed by atoms with Crippen LogP contribution in [0.5, 0.6) is 0 Å². The molecule has 2 aromatic rings. The van der Waals surface area contributed by atoms with Crippen molar-refractivity contribution >= 4 is 5.95 Å². The van der Waals surface area contributed by atoms with Crippen molar-refractivity contribution in [2.75, 3.05) is 24.6 Å². The summed E-state index contributed by atoms with van der Waals surface area (Å²) < 4.78 is 45.8. The first-order chi connectivity index (χ1) is 11.3. The first kappa shape index (κ1) is 16.6. The first-order valence-corrected chi connectivity index (χ1v) is 7.48. The summed E-state index contributed by atoms with van der Waals surface area (Å²) in [5.41, 5.74) is -0.946. The third-order valence-electron chi connectivity index (χ3n) is 3.69. The fraction of sp³-hybridized carbons (Fsp3) is 0.571. The highest BCUT2D eigenvalue weighted by Gasteiger charge is 2.33. The normalized spacial score (nSPS) is 18.9. The summed E-state index contributed by atoms with van der Waals surface area (Å²) in [6.07, 6.45) is -3.59. The van der Waals surface area contributed by atoms with E-state index in [4.69, 9.17) is 4.74 Å². The molecule has 1 aliphatic heterocycles. The third kappa shape index (κ3) is 3.64. The van der Waals surface area contributed by atoms with Crippen molar-refractivity contribution in [1.82, 2.24) is 24.7 Å². The summed E-state index contributed by atoms with van der Waals surface area (Å²) in [6, 6.07) is 0.864. The minimum absolute atomic E-state index is 0.0598. The quantitative estimate of drug-likeness (QED) is 0.844. The number of hydrogen-bond donors (Lipinski definition) is 0. The number of ether oxygens (including phenoxy) is 1. The number of halogens is 3. The molecule has 1 atom stereocenters. The molecule has 24 heavy (non-hydrogen) atoms. The largest absolute Gasteiger partial charge is 0.433 e. The topological polar surface area (TPSA) is 69.0 Å². The van der Waals surface area contributed by atoms with Crippen LogP contribution in [0.25, 0.3) is 0 Å². The molecular formula is C14H17F3N6O. The van der Waals surface area contributed by atoms with Crippen molar-refractivity contribution in [2.24, 2.45) is 0 Å². The van der Waals surface area contributed by atoms with E-state index in [1.54, 1.807) is 16.5 Å². The molecule has 0 radical (unpaired) electrons. The predicted octanol–water partition coefficient (Wildman–Crippen LogP) is 1.61. The Morgan fingerprint density at radius 1 is 1.29 bits per heavy atom. The number of morpholine rings is 1. The van der Waals surface area contributed by atoms with Crippen LogP contribution >= 0.6 is 0 Å². The lowest BCUT2D eigenvalue weighted by Gasteiger charge is -2.33. The Labute approximate surface area is 136 Å². The van der Waals surface area contributed by atoms with Crippen LogP contribution in [0, 0.1) is 13.8 Å². The summed E-state index contributed by atoms with van der Waals surface area (Å²) in [5, 5.41) is 4.28. The summed E-state index contributed by atoms with van der Waals surface area (Å²) in [6.45, 7) is 5.33. The Morgan fingerprint density at radius 3 is 2.75 bits per heavy atom. The molecule has 0 aliphatic carbocycles. The van der Waals surface area contributed by atoms with Gasteiger partial charge in [-0.3, -0.25) is 0 Å². The Morgan fingerprint density at radius 2 is 2.08 bits per heavy atom. The first-order valence-electron chi connectivity index (χ1n) is 7.48. The molecule has 1 aliphatic rings. The van der Waals surface area contributed by atoms with Crippen molar-refractivity contribution in [3.05, 3.63) is 29.6 Å². The predicted molar refractivity (Wildman–Crippen MR) is 78.5 cm³/mol. The average Bonchev–Trinajstić information content (AvgIpc) is 2.84. The van der Waals surface area contributed by atoms with Gasteiger partial charge in [0.15, 0.2) is 0 Å². The van der Waals surface area contributed by atoms with Gasteiger partial charge in [-0.15, -0.1) is 0 Å². The summed E-state index contributed by atoms with van der Waals surface area (Å²) in [5.74, 6) is 1.49. The lowest BCUT2D eigenvalue weighted by atomic mass is 10.2. The molecule has 2 aromatic heterocycles. The van der Waals surface area contributed by atoms with Gasteiger partial charge in [-0.05, 0) is 19.9 Å². The van der Waals surface area contributed by atoms with Gasteiger partial charge in [0.25, 0.3) is 0 Å². The number of aromatic nitrogens is 5. The molecule has 10 heteroatoms. The maximum Gasteiger partial charge on any atom is 0.433 e. The zero-order chi connectivity index (χ0) is 17.3. The van der Waals surface area contributed by atoms with E-state index in [9.17, 15) is 13.2 Å². The zero-order valence-electron chi connectivity index (χ0n) is 13.3. The molecule has 130 valence electrons. The highest BCUT2D eigenvalue weighted by atomic mass is 19.4. The Bertz CT molecular complexity index is 717. The smallest absolute Gasteiger partial charge is 0.373 e. The number of anilines is 1. The van der Waals surface area contributed by atoms with Crippen LogP contribution in [0.2, 0.25) is 0 Å². The van der Waals surface area contributed by atoms with Gasteiger partial charge in [0.05, 0.1) is 19.3 Å². The van der Waals surface area contributed by atoms with Crippen molar-refractivity contribution in [1.29, 1.82) is 0 Å². The Balaban J connectivity index is 1.73. The SMILES string of the molecule is Cc1nc(C)n(C[C@H]2CN(c3nccc(C(F)(F)F)n3)CCO2)n1. The Kier molecular flexibility index (Phi) is 4.39. The summed E-state index contributed by atoms with van der Waals surface area (Å²) >= 11 is 0. The maximum absolute atomic E-state index is 12.8. The van der Waals surface area contributed by atoms with Gasteiger partial charge in [-0.2, -0.15) is 18.3 Å². The van der Waals surface area contributed by atoms with Crippen LogP contribution in [-0.4, -0.2) is 50.5 Å². The molecule has 7 nitrogen and oxygen atoms in total. The molecule has 0 N–H and O–H groups in total. The molecule has 0 saturated carbocycles. The number of rotatable bonds is 3. The second-order valence-corrected chi connectivity index (χ2v) is 5.57. The van der Waals surface area contributed by atoms with Crippen LogP contribution in [0.4, 0.5) is 19.1 Å². The van der Waals surface area contributed by atoms with Gasteiger partial charge in [0.2, 0.25) is 5.95 Å². The van der Waals surface area contributed by atoms with Crippen LogP contribution < -0.4 is 4.90 Å². The monoisotopic (exact) mass is 342 g/mol. The van der Waals surface area contributed by atoms with Crippen LogP contribution in [0.3, 0.4) is 0 Å². The summed E-state index contributed by atoms with van der Waals surface area (Å²) in [4.78, 5) is 13.5. The summed E-state index contributed by atoms with van der Waals surface area (Å²) in [7, 11) is 0. The molecule has 0 spiro atoms. The fourth-order valence-electron chi connectivity index (χ4n) is 2.60. The van der Waals surface area contributed by atoms with E-state index >= 15 is 0 Å². The van der Waals surface area contributed by atoms with Crippen LogP contribution in [0.1, 0.15) is 17.3 Å². The van der Waals surface area contributed by atoms with E-state index in [1.807, 2.05) is 6.92 Å². The van der Waals surface area contributed by atoms with E-state index in [-0.39, 0.29) is 12.1 Å². The van der Waals surface area contributed by atoms with E-state index < -0.39 is 11.9 Å². The van der Waals surface area contributed by atoms with Crippen LogP contribution in [-0.2, 0) is 17.5 Å². The van der Waals surface area contributed by atoms with Crippen molar-refractivity contribution in [2.45, 2.75) is 32.7 Å². The lowest BCUT2D eigenvalue weighted by molar-refractivity contribution is -0.141. The fourth-order valence-corrected chi connectivity index (χ4v) is 2.60. The average molecular weight is 342 g/mol. The molecule has 0 amide bonds. The number of nitrogens with zero attached hydrogens (tertiary/aromatic N) is 6. The zero-order valence-corrected chi connectivity index (χ0v) is 13.3. The minimum Gasteiger partial charge on any atom is -0.373 e. The van der Waals surface area contributed by atoms with E-state index in [0.29, 0.717) is 32.1 Å². The highest BCUT2D eigenvalue weighted by molar-refractivity contribution is 5.31. The molecule has 3 heterocycles. The van der Waals surface area contributed by atoms with Gasteiger partial charge in [-0.25, -0.2) is 19.6 Å². The maximum atomic E-state index is 12.8. The van der Waals surface area contributed by atoms with Gasteiger partial charge >= 0.3 is 6.18 Å². The molecule has 0 unspecified atom stereocenters. The molecule has 1 fully saturated rings. The molecule has 0 bridgehead atoms. The van der Waals surface area contributed by atoms with Gasteiger partial charge in [-0.1, -0.05) is 0 Å². The number of alkyl halides is 3. The molecule has 0 aromatic carbocycles. The van der Waals surface area contributed by atoms with Crippen molar-refractivity contribution < 1.29 is 17.9 Å². The second kappa shape index (κ2) is 6.34. The van der Waals surface area contributed by atoms with E-state index in [0.717, 1.165) is 18.1 Å². The number of hydrogen-bond acceptors (Lipinski definition) is 6. The van der Waals surface area contributed by atoms with Gasteiger partial charge in [0.1, 0.15) is 17.3 Å². The van der Waals surface area contributed by atoms with E-state index in [2.05, 4.69) is 20.1 Å². The van der Waals surface area contributed by atoms with Gasteiger partial charge in [0, 0.05) is 19.3 Å². The van der Waals surface area contributed by atoms with Gasteiger partial charge < -0.3 is 9.64 Å². The lowest BCUT2D eigenvalue weighted by Crippen LogP contribution is -2.45. The standard InChI is InChI=1S/C14H17F3N6O/c1-9-19-10(2)23(21-9)8-11-7-22(5-6-24-11)13-18-4-3-12(20-13)14(15,16)17/h3-4,11H,5-8H2,1-2H3/t11-/m1/s1.